The highest BCUT2D eigenvalue weighted by atomic mass is 19.3. The van der Waals surface area contributed by atoms with Gasteiger partial charge in [0.05, 0.1) is 12.5 Å². The first-order valence-electron chi connectivity index (χ1n) is 6.35. The van der Waals surface area contributed by atoms with Crippen molar-refractivity contribution in [3.63, 3.8) is 0 Å². The van der Waals surface area contributed by atoms with Crippen LogP contribution in [-0.2, 0) is 11.2 Å². The van der Waals surface area contributed by atoms with E-state index in [1.165, 1.54) is 11.0 Å². The normalized spacial score (nSPS) is 12.3. The second kappa shape index (κ2) is 7.79. The monoisotopic (exact) mass is 287 g/mol. The molecule has 0 aliphatic heterocycles. The number of benzene rings is 1. The highest BCUT2D eigenvalue weighted by molar-refractivity contribution is 5.79. The summed E-state index contributed by atoms with van der Waals surface area (Å²) >= 11 is 0. The molecule has 0 heterocycles. The van der Waals surface area contributed by atoms with E-state index in [2.05, 4.69) is 4.74 Å². The van der Waals surface area contributed by atoms with Gasteiger partial charge in [-0.1, -0.05) is 18.2 Å². The van der Waals surface area contributed by atoms with Crippen LogP contribution in [0.1, 0.15) is 18.9 Å². The van der Waals surface area contributed by atoms with E-state index >= 15 is 0 Å². The molecule has 0 bridgehead atoms. The summed E-state index contributed by atoms with van der Waals surface area (Å²) in [6, 6.07) is 6.22. The van der Waals surface area contributed by atoms with Gasteiger partial charge in [-0.2, -0.15) is 8.78 Å². The number of aliphatic hydroxyl groups excluding tert-OH is 1. The molecule has 0 fully saturated rings. The first kappa shape index (κ1) is 16.4. The number of amides is 1. The fraction of sp³-hybridized carbons (Fsp3) is 0.500. The molecular formula is C14H19F2NO3. The molecule has 0 aliphatic rings. The summed E-state index contributed by atoms with van der Waals surface area (Å²) in [5, 5.41) is 9.17. The van der Waals surface area contributed by atoms with Crippen LogP contribution in [0.15, 0.2) is 24.3 Å². The standard InChI is InChI=1S/C14H19F2NO3/c1-10(18)7-8-17(2)13(19)9-11-5-3-4-6-12(11)20-14(15)16/h3-6,10,14,18H,7-9H2,1-2H3. The van der Waals surface area contributed by atoms with Crippen LogP contribution in [0.4, 0.5) is 8.78 Å². The topological polar surface area (TPSA) is 49.8 Å². The third kappa shape index (κ3) is 5.52. The Labute approximate surface area is 117 Å². The Hall–Kier alpha value is -1.69. The quantitative estimate of drug-likeness (QED) is 0.835. The first-order valence-corrected chi connectivity index (χ1v) is 6.35. The maximum Gasteiger partial charge on any atom is 0.387 e. The van der Waals surface area contributed by atoms with Crippen LogP contribution in [0, 0.1) is 0 Å². The van der Waals surface area contributed by atoms with Crippen molar-refractivity contribution in [2.24, 2.45) is 0 Å². The Morgan fingerprint density at radius 3 is 2.65 bits per heavy atom. The lowest BCUT2D eigenvalue weighted by Crippen LogP contribution is -2.30. The fourth-order valence-corrected chi connectivity index (χ4v) is 1.66. The predicted molar refractivity (Wildman–Crippen MR) is 70.7 cm³/mol. The lowest BCUT2D eigenvalue weighted by Gasteiger charge is -2.19. The number of aliphatic hydroxyl groups is 1. The Morgan fingerprint density at radius 1 is 1.40 bits per heavy atom. The molecule has 0 aromatic heterocycles. The third-order valence-electron chi connectivity index (χ3n) is 2.84. The minimum absolute atomic E-state index is 0.0137. The van der Waals surface area contributed by atoms with Crippen molar-refractivity contribution < 1.29 is 23.4 Å². The van der Waals surface area contributed by atoms with E-state index in [1.54, 1.807) is 32.2 Å². The molecule has 1 unspecified atom stereocenters. The van der Waals surface area contributed by atoms with E-state index in [1.807, 2.05) is 0 Å². The number of ether oxygens (including phenoxy) is 1. The van der Waals surface area contributed by atoms with Crippen molar-refractivity contribution in [2.45, 2.75) is 32.5 Å². The molecule has 6 heteroatoms. The van der Waals surface area contributed by atoms with Gasteiger partial charge in [0, 0.05) is 19.2 Å². The van der Waals surface area contributed by atoms with Gasteiger partial charge in [0.2, 0.25) is 5.91 Å². The van der Waals surface area contributed by atoms with E-state index in [4.69, 9.17) is 0 Å². The van der Waals surface area contributed by atoms with Gasteiger partial charge in [-0.15, -0.1) is 0 Å². The van der Waals surface area contributed by atoms with Gasteiger partial charge in [0.1, 0.15) is 5.75 Å². The van der Waals surface area contributed by atoms with Gasteiger partial charge in [0.25, 0.3) is 0 Å². The summed E-state index contributed by atoms with van der Waals surface area (Å²) in [5.74, 6) is -0.198. The summed E-state index contributed by atoms with van der Waals surface area (Å²) in [5.41, 5.74) is 0.418. The van der Waals surface area contributed by atoms with Crippen molar-refractivity contribution in [3.8, 4) is 5.75 Å². The van der Waals surface area contributed by atoms with Crippen molar-refractivity contribution in [2.75, 3.05) is 13.6 Å². The summed E-state index contributed by atoms with van der Waals surface area (Å²) in [6.07, 6.45) is -0.0314. The molecule has 1 aromatic rings. The summed E-state index contributed by atoms with van der Waals surface area (Å²) in [7, 11) is 1.61. The molecule has 0 spiro atoms. The zero-order valence-electron chi connectivity index (χ0n) is 11.6. The number of likely N-dealkylation sites (N-methyl/N-ethyl adjacent to an activating group) is 1. The molecule has 0 radical (unpaired) electrons. The average Bonchev–Trinajstić information content (AvgIpc) is 2.37. The third-order valence-corrected chi connectivity index (χ3v) is 2.84. The maximum absolute atomic E-state index is 12.3. The van der Waals surface area contributed by atoms with Crippen molar-refractivity contribution in [3.05, 3.63) is 29.8 Å². The highest BCUT2D eigenvalue weighted by Crippen LogP contribution is 2.21. The Balaban J connectivity index is 2.65. The van der Waals surface area contributed by atoms with Gasteiger partial charge >= 0.3 is 6.61 Å². The number of alkyl halides is 2. The average molecular weight is 287 g/mol. The summed E-state index contributed by atoms with van der Waals surface area (Å²) in [4.78, 5) is 13.4. The maximum atomic E-state index is 12.3. The van der Waals surface area contributed by atoms with Crippen LogP contribution >= 0.6 is 0 Å². The molecule has 1 amide bonds. The molecule has 4 nitrogen and oxygen atoms in total. The van der Waals surface area contributed by atoms with Gasteiger partial charge in [-0.25, -0.2) is 0 Å². The number of carbonyl (C=O) groups excluding carboxylic acids is 1. The minimum Gasteiger partial charge on any atom is -0.435 e. The largest absolute Gasteiger partial charge is 0.435 e. The Kier molecular flexibility index (Phi) is 6.38. The molecule has 0 saturated heterocycles. The number of nitrogens with zero attached hydrogens (tertiary/aromatic N) is 1. The molecule has 1 aromatic carbocycles. The number of hydrogen-bond acceptors (Lipinski definition) is 3. The Bertz CT molecular complexity index is 438. The molecule has 0 saturated carbocycles. The fourth-order valence-electron chi connectivity index (χ4n) is 1.66. The van der Waals surface area contributed by atoms with Crippen LogP contribution in [0.3, 0.4) is 0 Å². The van der Waals surface area contributed by atoms with Crippen LogP contribution in [-0.4, -0.2) is 42.2 Å². The van der Waals surface area contributed by atoms with Crippen LogP contribution in [0.5, 0.6) is 5.75 Å². The zero-order chi connectivity index (χ0) is 15.1. The number of carbonyl (C=O) groups is 1. The molecule has 1 N–H and O–H groups in total. The van der Waals surface area contributed by atoms with E-state index in [9.17, 15) is 18.7 Å². The predicted octanol–water partition coefficient (Wildman–Crippen LogP) is 2.06. The number of halogens is 2. The van der Waals surface area contributed by atoms with Crippen LogP contribution < -0.4 is 4.74 Å². The highest BCUT2D eigenvalue weighted by Gasteiger charge is 2.15. The second-order valence-electron chi connectivity index (χ2n) is 4.62. The van der Waals surface area contributed by atoms with Crippen LogP contribution in [0.2, 0.25) is 0 Å². The second-order valence-corrected chi connectivity index (χ2v) is 4.62. The smallest absolute Gasteiger partial charge is 0.387 e. The van der Waals surface area contributed by atoms with E-state index in [0.29, 0.717) is 18.5 Å². The first-order chi connectivity index (χ1) is 9.40. The van der Waals surface area contributed by atoms with Gasteiger partial charge in [-0.05, 0) is 19.4 Å². The molecule has 1 rings (SSSR count). The van der Waals surface area contributed by atoms with Gasteiger partial charge in [0.15, 0.2) is 0 Å². The van der Waals surface area contributed by atoms with Gasteiger partial charge < -0.3 is 14.7 Å². The summed E-state index contributed by atoms with van der Waals surface area (Å²) < 4.78 is 28.9. The SMILES string of the molecule is CC(O)CCN(C)C(=O)Cc1ccccc1OC(F)F. The van der Waals surface area contributed by atoms with Crippen LogP contribution in [0.25, 0.3) is 0 Å². The summed E-state index contributed by atoms with van der Waals surface area (Å²) in [6.45, 7) is -0.863. The van der Waals surface area contributed by atoms with E-state index in [0.717, 1.165) is 0 Å². The molecule has 112 valence electrons. The molecule has 1 atom stereocenters. The van der Waals surface area contributed by atoms with Gasteiger partial charge in [-0.3, -0.25) is 4.79 Å². The number of hydrogen-bond donors (Lipinski definition) is 1. The molecule has 0 aliphatic carbocycles. The van der Waals surface area contributed by atoms with E-state index < -0.39 is 12.7 Å². The van der Waals surface area contributed by atoms with Crippen molar-refractivity contribution in [1.29, 1.82) is 0 Å². The lowest BCUT2D eigenvalue weighted by molar-refractivity contribution is -0.129. The number of para-hydroxylation sites is 1. The minimum atomic E-state index is -2.92. The molecule has 20 heavy (non-hydrogen) atoms. The zero-order valence-corrected chi connectivity index (χ0v) is 11.6. The van der Waals surface area contributed by atoms with Crippen molar-refractivity contribution >= 4 is 5.91 Å². The Morgan fingerprint density at radius 2 is 2.05 bits per heavy atom. The molecular weight excluding hydrogens is 268 g/mol. The number of rotatable bonds is 7. The lowest BCUT2D eigenvalue weighted by atomic mass is 10.1. The van der Waals surface area contributed by atoms with E-state index in [-0.39, 0.29) is 18.1 Å². The van der Waals surface area contributed by atoms with Crippen molar-refractivity contribution in [1.82, 2.24) is 4.90 Å².